The molecule has 19 heavy (non-hydrogen) atoms. The van der Waals surface area contributed by atoms with Crippen molar-refractivity contribution in [2.45, 2.75) is 6.92 Å². The Labute approximate surface area is 111 Å². The number of aromatic nitrogens is 4. The van der Waals surface area contributed by atoms with E-state index in [1.165, 1.54) is 0 Å². The number of aryl methyl sites for hydroxylation is 1. The van der Waals surface area contributed by atoms with Gasteiger partial charge in [-0.2, -0.15) is 0 Å². The molecule has 92 valence electrons. The van der Waals surface area contributed by atoms with Crippen molar-refractivity contribution in [1.29, 1.82) is 0 Å². The molecule has 3 aromatic heterocycles. The predicted octanol–water partition coefficient (Wildman–Crippen LogP) is 2.91. The molecule has 3 heterocycles. The van der Waals surface area contributed by atoms with Crippen molar-refractivity contribution < 1.29 is 0 Å². The molecular weight excluding hydrogens is 236 g/mol. The lowest BCUT2D eigenvalue weighted by Crippen LogP contribution is -1.96. The number of pyridine rings is 2. The van der Waals surface area contributed by atoms with Crippen LogP contribution in [-0.4, -0.2) is 19.9 Å². The molecule has 0 amide bonds. The second kappa shape index (κ2) is 4.94. The maximum absolute atomic E-state index is 4.50. The first-order valence-electron chi connectivity index (χ1n) is 6.01. The van der Waals surface area contributed by atoms with Crippen LogP contribution in [0, 0.1) is 6.92 Å². The van der Waals surface area contributed by atoms with Gasteiger partial charge in [0.25, 0.3) is 0 Å². The number of rotatable bonds is 2. The molecule has 0 radical (unpaired) electrons. The van der Waals surface area contributed by atoms with Crippen LogP contribution in [0.5, 0.6) is 0 Å². The second-order valence-corrected chi connectivity index (χ2v) is 4.13. The molecule has 0 fully saturated rings. The summed E-state index contributed by atoms with van der Waals surface area (Å²) in [5.74, 6) is 0. The smallest absolute Gasteiger partial charge is 0.116 e. The first kappa shape index (κ1) is 11.5. The third-order valence-corrected chi connectivity index (χ3v) is 2.74. The third kappa shape index (κ3) is 2.33. The quantitative estimate of drug-likeness (QED) is 0.699. The molecule has 0 aliphatic heterocycles. The van der Waals surface area contributed by atoms with Gasteiger partial charge >= 0.3 is 0 Å². The van der Waals surface area contributed by atoms with Crippen LogP contribution in [0.2, 0.25) is 0 Å². The maximum atomic E-state index is 4.50. The van der Waals surface area contributed by atoms with Crippen LogP contribution in [0.3, 0.4) is 0 Å². The Morgan fingerprint density at radius 1 is 0.684 bits per heavy atom. The molecule has 0 saturated heterocycles. The second-order valence-electron chi connectivity index (χ2n) is 4.13. The van der Waals surface area contributed by atoms with Crippen LogP contribution in [0.15, 0.2) is 55.0 Å². The van der Waals surface area contributed by atoms with E-state index < -0.39 is 0 Å². The number of hydrogen-bond acceptors (Lipinski definition) is 4. The van der Waals surface area contributed by atoms with E-state index >= 15 is 0 Å². The van der Waals surface area contributed by atoms with Crippen LogP contribution in [0.4, 0.5) is 0 Å². The standard InChI is InChI=1S/C15H12N4/c1-11-5-4-7-13(19-11)15-14(17-9-10-18-15)12-6-2-3-8-16-12/h2-10H,1H3. The first-order chi connectivity index (χ1) is 9.34. The van der Waals surface area contributed by atoms with Crippen LogP contribution in [0.1, 0.15) is 5.69 Å². The van der Waals surface area contributed by atoms with Crippen LogP contribution in [-0.2, 0) is 0 Å². The molecule has 0 unspecified atom stereocenters. The molecule has 0 aromatic carbocycles. The summed E-state index contributed by atoms with van der Waals surface area (Å²) < 4.78 is 0. The van der Waals surface area contributed by atoms with Gasteiger partial charge in [-0.15, -0.1) is 0 Å². The Balaban J connectivity index is 2.18. The molecule has 0 spiro atoms. The molecule has 4 heteroatoms. The third-order valence-electron chi connectivity index (χ3n) is 2.74. The van der Waals surface area contributed by atoms with Gasteiger partial charge in [-0.1, -0.05) is 12.1 Å². The summed E-state index contributed by atoms with van der Waals surface area (Å²) in [6, 6.07) is 11.6. The molecule has 0 atom stereocenters. The summed E-state index contributed by atoms with van der Waals surface area (Å²) >= 11 is 0. The normalized spacial score (nSPS) is 10.4. The maximum Gasteiger partial charge on any atom is 0.116 e. The van der Waals surface area contributed by atoms with E-state index in [2.05, 4.69) is 19.9 Å². The van der Waals surface area contributed by atoms with Gasteiger partial charge in [0.05, 0.1) is 11.4 Å². The molecule has 0 saturated carbocycles. The van der Waals surface area contributed by atoms with E-state index in [0.717, 1.165) is 28.5 Å². The lowest BCUT2D eigenvalue weighted by molar-refractivity contribution is 1.13. The van der Waals surface area contributed by atoms with Crippen molar-refractivity contribution in [2.24, 2.45) is 0 Å². The fourth-order valence-electron chi connectivity index (χ4n) is 1.89. The highest BCUT2D eigenvalue weighted by molar-refractivity contribution is 5.73. The zero-order valence-electron chi connectivity index (χ0n) is 10.5. The number of hydrogen-bond donors (Lipinski definition) is 0. The monoisotopic (exact) mass is 248 g/mol. The van der Waals surface area contributed by atoms with Crippen molar-refractivity contribution in [3.8, 4) is 22.8 Å². The van der Waals surface area contributed by atoms with Gasteiger partial charge in [0.1, 0.15) is 11.4 Å². The summed E-state index contributed by atoms with van der Waals surface area (Å²) in [5, 5.41) is 0. The van der Waals surface area contributed by atoms with E-state index in [4.69, 9.17) is 0 Å². The Kier molecular flexibility index (Phi) is 2.98. The zero-order chi connectivity index (χ0) is 13.1. The van der Waals surface area contributed by atoms with Crippen LogP contribution < -0.4 is 0 Å². The highest BCUT2D eigenvalue weighted by Crippen LogP contribution is 2.25. The summed E-state index contributed by atoms with van der Waals surface area (Å²) in [7, 11) is 0. The lowest BCUT2D eigenvalue weighted by atomic mass is 10.1. The minimum atomic E-state index is 0.751. The summed E-state index contributed by atoms with van der Waals surface area (Å²) in [4.78, 5) is 17.6. The molecule has 4 nitrogen and oxygen atoms in total. The first-order valence-corrected chi connectivity index (χ1v) is 6.01. The van der Waals surface area contributed by atoms with Crippen LogP contribution >= 0.6 is 0 Å². The Morgan fingerprint density at radius 2 is 1.42 bits per heavy atom. The number of nitrogens with zero attached hydrogens (tertiary/aromatic N) is 4. The zero-order valence-corrected chi connectivity index (χ0v) is 10.5. The summed E-state index contributed by atoms with van der Waals surface area (Å²) in [5.41, 5.74) is 4.07. The van der Waals surface area contributed by atoms with E-state index in [9.17, 15) is 0 Å². The van der Waals surface area contributed by atoms with Crippen molar-refractivity contribution >= 4 is 0 Å². The van der Waals surface area contributed by atoms with Crippen molar-refractivity contribution in [2.75, 3.05) is 0 Å². The molecule has 0 N–H and O–H groups in total. The largest absolute Gasteiger partial charge is 0.255 e. The van der Waals surface area contributed by atoms with Gasteiger partial charge in [0.15, 0.2) is 0 Å². The van der Waals surface area contributed by atoms with Crippen LogP contribution in [0.25, 0.3) is 22.8 Å². The average molecular weight is 248 g/mol. The molecule has 3 aromatic rings. The van der Waals surface area contributed by atoms with Gasteiger partial charge in [-0.05, 0) is 31.2 Å². The van der Waals surface area contributed by atoms with Crippen molar-refractivity contribution in [3.63, 3.8) is 0 Å². The molecule has 0 aliphatic carbocycles. The summed E-state index contributed by atoms with van der Waals surface area (Å²) in [6.07, 6.45) is 5.09. The highest BCUT2D eigenvalue weighted by atomic mass is 14.9. The summed E-state index contributed by atoms with van der Waals surface area (Å²) in [6.45, 7) is 1.96. The van der Waals surface area contributed by atoms with Gasteiger partial charge in [0, 0.05) is 24.3 Å². The topological polar surface area (TPSA) is 51.6 Å². The molecule has 3 rings (SSSR count). The molecule has 0 bridgehead atoms. The molecule has 0 aliphatic rings. The Hall–Kier alpha value is -2.62. The van der Waals surface area contributed by atoms with E-state index in [-0.39, 0.29) is 0 Å². The lowest BCUT2D eigenvalue weighted by Gasteiger charge is -2.06. The molecular formula is C15H12N4. The average Bonchev–Trinajstić information content (AvgIpc) is 2.48. The van der Waals surface area contributed by atoms with Crippen molar-refractivity contribution in [1.82, 2.24) is 19.9 Å². The Bertz CT molecular complexity index is 695. The SMILES string of the molecule is Cc1cccc(-c2nccnc2-c2ccccn2)n1. The fourth-order valence-corrected chi connectivity index (χ4v) is 1.89. The highest BCUT2D eigenvalue weighted by Gasteiger charge is 2.11. The van der Waals surface area contributed by atoms with E-state index in [0.29, 0.717) is 0 Å². The van der Waals surface area contributed by atoms with E-state index in [1.807, 2.05) is 43.3 Å². The minimum absolute atomic E-state index is 0.751. The van der Waals surface area contributed by atoms with Crippen molar-refractivity contribution in [3.05, 3.63) is 60.7 Å². The fraction of sp³-hybridized carbons (Fsp3) is 0.0667. The Morgan fingerprint density at radius 3 is 2.11 bits per heavy atom. The van der Waals surface area contributed by atoms with E-state index in [1.54, 1.807) is 18.6 Å². The van der Waals surface area contributed by atoms with Gasteiger partial charge in [-0.3, -0.25) is 19.9 Å². The van der Waals surface area contributed by atoms with Gasteiger partial charge in [0.2, 0.25) is 0 Å². The minimum Gasteiger partial charge on any atom is -0.255 e. The predicted molar refractivity (Wildman–Crippen MR) is 73.2 cm³/mol. The van der Waals surface area contributed by atoms with Gasteiger partial charge in [-0.25, -0.2) is 0 Å². The van der Waals surface area contributed by atoms with Gasteiger partial charge < -0.3 is 0 Å².